The van der Waals surface area contributed by atoms with E-state index in [1.54, 1.807) is 7.11 Å². The minimum Gasteiger partial charge on any atom is -0.497 e. The van der Waals surface area contributed by atoms with Gasteiger partial charge in [-0.25, -0.2) is 4.68 Å². The molecule has 1 atom stereocenters. The van der Waals surface area contributed by atoms with Gasteiger partial charge in [-0.1, -0.05) is 15.9 Å². The van der Waals surface area contributed by atoms with Crippen molar-refractivity contribution in [3.8, 4) is 5.75 Å². The van der Waals surface area contributed by atoms with E-state index in [0.29, 0.717) is 6.73 Å². The lowest BCUT2D eigenvalue weighted by atomic mass is 10.1. The van der Waals surface area contributed by atoms with Crippen molar-refractivity contribution < 1.29 is 9.47 Å². The predicted molar refractivity (Wildman–Crippen MR) is 97.7 cm³/mol. The summed E-state index contributed by atoms with van der Waals surface area (Å²) in [5.74, 6) is 0.855. The molecule has 0 aliphatic heterocycles. The first kappa shape index (κ1) is 17.5. The molecule has 0 spiro atoms. The van der Waals surface area contributed by atoms with Crippen LogP contribution in [0.25, 0.3) is 10.9 Å². The van der Waals surface area contributed by atoms with Crippen LogP contribution in [-0.4, -0.2) is 31.6 Å². The Morgan fingerprint density at radius 3 is 2.64 bits per heavy atom. The smallest absolute Gasteiger partial charge is 0.139 e. The summed E-state index contributed by atoms with van der Waals surface area (Å²) in [7, 11) is 0.647. The average Bonchev–Trinajstić information content (AvgIpc) is 2.83. The van der Waals surface area contributed by atoms with Gasteiger partial charge in [0, 0.05) is 23.0 Å². The highest BCUT2D eigenvalue weighted by Gasteiger charge is 2.13. The summed E-state index contributed by atoms with van der Waals surface area (Å²) in [5, 5.41) is 5.74. The molecule has 0 bridgehead atoms. The summed E-state index contributed by atoms with van der Waals surface area (Å²) in [6.07, 6.45) is 2.02. The average molecular weight is 385 g/mol. The van der Waals surface area contributed by atoms with E-state index in [2.05, 4.69) is 47.6 Å². The molecule has 4 nitrogen and oxygen atoms in total. The van der Waals surface area contributed by atoms with Crippen molar-refractivity contribution in [2.45, 2.75) is 44.2 Å². The lowest BCUT2D eigenvalue weighted by molar-refractivity contribution is 0.0791. The minimum absolute atomic E-state index is 0.223. The lowest BCUT2D eigenvalue weighted by Crippen LogP contribution is -2.22. The van der Waals surface area contributed by atoms with Gasteiger partial charge in [-0.15, -0.1) is 14.1 Å². The highest BCUT2D eigenvalue weighted by atomic mass is 79.9. The first-order valence-electron chi connectivity index (χ1n) is 7.57. The van der Waals surface area contributed by atoms with Crippen molar-refractivity contribution >= 4 is 34.9 Å². The summed E-state index contributed by atoms with van der Waals surface area (Å²) in [6, 6.07) is 5.22. The van der Waals surface area contributed by atoms with Crippen LogP contribution in [0.2, 0.25) is 25.7 Å². The number of nitrogens with zero attached hydrogens (tertiary/aromatic N) is 2. The molecule has 0 fully saturated rings. The maximum atomic E-state index is 5.77. The number of hydrogen-bond acceptors (Lipinski definition) is 3. The van der Waals surface area contributed by atoms with E-state index < -0.39 is 8.07 Å². The van der Waals surface area contributed by atoms with Crippen molar-refractivity contribution in [3.63, 3.8) is 0 Å². The van der Waals surface area contributed by atoms with E-state index in [9.17, 15) is 0 Å². The molecule has 22 heavy (non-hydrogen) atoms. The lowest BCUT2D eigenvalue weighted by Gasteiger charge is -2.26. The zero-order chi connectivity index (χ0) is 16.3. The standard InChI is InChI=1S/C16H25BrN2O2Si/c1-12(17)15-9-14(20-2)8-13-10-19(18-16(13)15)11-21-6-7-22(3,4)5/h8-10,12H,6-7,11H2,1-5H3/q-1. The number of rotatable bonds is 7. The second-order valence-electron chi connectivity index (χ2n) is 6.79. The van der Waals surface area contributed by atoms with Crippen LogP contribution in [0.1, 0.15) is 17.3 Å². The number of ether oxygens (including phenoxy) is 2. The number of alkyl halides is 1. The highest BCUT2D eigenvalue weighted by Crippen LogP contribution is 2.32. The zero-order valence-electron chi connectivity index (χ0n) is 14.0. The quantitative estimate of drug-likeness (QED) is 0.390. The number of fused-ring (bicyclic) bond motifs is 1. The van der Waals surface area contributed by atoms with E-state index in [4.69, 9.17) is 9.47 Å². The van der Waals surface area contributed by atoms with Crippen LogP contribution in [0, 0.1) is 0 Å². The third-order valence-electron chi connectivity index (χ3n) is 3.54. The second-order valence-corrected chi connectivity index (χ2v) is 13.8. The molecular formula is C16H25BrN2O2Si-. The molecule has 2 aromatic rings. The Kier molecular flexibility index (Phi) is 5.69. The number of methoxy groups -OCH3 is 1. The Balaban J connectivity index is 2.14. The fourth-order valence-corrected chi connectivity index (χ4v) is 3.31. The van der Waals surface area contributed by atoms with Crippen molar-refractivity contribution in [2.24, 2.45) is 0 Å². The monoisotopic (exact) mass is 384 g/mol. The molecule has 0 aliphatic rings. The maximum absolute atomic E-state index is 5.77. The van der Waals surface area contributed by atoms with Gasteiger partial charge in [0.25, 0.3) is 0 Å². The van der Waals surface area contributed by atoms with Gasteiger partial charge in [0.1, 0.15) is 12.5 Å². The topological polar surface area (TPSA) is 36.3 Å². The molecule has 0 saturated heterocycles. The summed E-state index contributed by atoms with van der Waals surface area (Å²) in [6.45, 7) is 10.5. The molecule has 0 radical (unpaired) electrons. The molecular weight excluding hydrogens is 360 g/mol. The van der Waals surface area contributed by atoms with Crippen molar-refractivity contribution in [2.75, 3.05) is 13.7 Å². The number of benzene rings is 1. The Hall–Kier alpha value is -0.853. The van der Waals surface area contributed by atoms with Gasteiger partial charge < -0.3 is 9.47 Å². The van der Waals surface area contributed by atoms with Crippen LogP contribution >= 0.6 is 15.9 Å². The molecule has 123 valence electrons. The molecule has 1 heterocycles. The SMILES string of the molecule is COc1cc(C(C)Br)c2nn(COCC[Si-](C)(C)C)cc2c1. The van der Waals surface area contributed by atoms with Gasteiger partial charge in [-0.2, -0.15) is 24.7 Å². The third kappa shape index (κ3) is 4.57. The minimum atomic E-state index is -1.04. The van der Waals surface area contributed by atoms with Crippen LogP contribution in [0.15, 0.2) is 18.3 Å². The van der Waals surface area contributed by atoms with Crippen LogP contribution in [0.3, 0.4) is 0 Å². The maximum Gasteiger partial charge on any atom is 0.139 e. The summed E-state index contributed by atoms with van der Waals surface area (Å²) in [5.41, 5.74) is 2.13. The Morgan fingerprint density at radius 1 is 1.32 bits per heavy atom. The van der Waals surface area contributed by atoms with E-state index in [1.165, 1.54) is 6.04 Å². The Morgan fingerprint density at radius 2 is 2.05 bits per heavy atom. The van der Waals surface area contributed by atoms with Gasteiger partial charge in [0.2, 0.25) is 0 Å². The van der Waals surface area contributed by atoms with Crippen molar-refractivity contribution in [1.29, 1.82) is 0 Å². The molecule has 2 rings (SSSR count). The van der Waals surface area contributed by atoms with Crippen LogP contribution < -0.4 is 4.74 Å². The molecule has 1 aromatic heterocycles. The molecule has 6 heteroatoms. The molecule has 0 saturated carbocycles. The number of hydrogen-bond donors (Lipinski definition) is 0. The van der Waals surface area contributed by atoms with Gasteiger partial charge in [-0.05, 0) is 24.6 Å². The van der Waals surface area contributed by atoms with Gasteiger partial charge in [-0.3, -0.25) is 0 Å². The third-order valence-corrected chi connectivity index (χ3v) is 5.74. The fraction of sp³-hybridized carbons (Fsp3) is 0.562. The Labute approximate surface area is 141 Å². The van der Waals surface area contributed by atoms with Crippen LogP contribution in [0.4, 0.5) is 0 Å². The van der Waals surface area contributed by atoms with Crippen LogP contribution in [-0.2, 0) is 11.5 Å². The van der Waals surface area contributed by atoms with E-state index >= 15 is 0 Å². The van der Waals surface area contributed by atoms with E-state index in [1.807, 2.05) is 23.0 Å². The molecule has 1 unspecified atom stereocenters. The fourth-order valence-electron chi connectivity index (χ4n) is 2.21. The highest BCUT2D eigenvalue weighted by molar-refractivity contribution is 9.09. The Bertz CT molecular complexity index is 635. The van der Waals surface area contributed by atoms with E-state index in [0.717, 1.165) is 28.8 Å². The number of halogens is 1. The summed E-state index contributed by atoms with van der Waals surface area (Å²) >= 11 is 3.63. The van der Waals surface area contributed by atoms with Gasteiger partial charge in [0.05, 0.1) is 12.6 Å². The van der Waals surface area contributed by atoms with Crippen LogP contribution in [0.5, 0.6) is 5.75 Å². The van der Waals surface area contributed by atoms with Gasteiger partial charge in [0.15, 0.2) is 0 Å². The summed E-state index contributed by atoms with van der Waals surface area (Å²) < 4.78 is 13.0. The van der Waals surface area contributed by atoms with Crippen molar-refractivity contribution in [3.05, 3.63) is 23.9 Å². The molecule has 1 aromatic carbocycles. The normalized spacial score (nSPS) is 13.5. The molecule has 0 amide bonds. The first-order chi connectivity index (χ1) is 10.3. The summed E-state index contributed by atoms with van der Waals surface area (Å²) in [4.78, 5) is 0.223. The molecule has 0 N–H and O–H groups in total. The van der Waals surface area contributed by atoms with Crippen molar-refractivity contribution in [1.82, 2.24) is 9.78 Å². The predicted octanol–water partition coefficient (Wildman–Crippen LogP) is 4.81. The van der Waals surface area contributed by atoms with Gasteiger partial charge >= 0.3 is 0 Å². The molecule has 0 aliphatic carbocycles. The second kappa shape index (κ2) is 7.15. The zero-order valence-corrected chi connectivity index (χ0v) is 16.6. The van der Waals surface area contributed by atoms with E-state index in [-0.39, 0.29) is 4.83 Å². The largest absolute Gasteiger partial charge is 0.497 e. The first-order valence-corrected chi connectivity index (χ1v) is 12.2. The number of aromatic nitrogens is 2.